The number of rotatable bonds is 5. The Kier molecular flexibility index (Phi) is 5.99. The van der Waals surface area contributed by atoms with Crippen LogP contribution in [0, 0.1) is 6.92 Å². The molecule has 29 heavy (non-hydrogen) atoms. The van der Waals surface area contributed by atoms with Crippen LogP contribution in [0.25, 0.3) is 10.6 Å². The number of carbonyl (C=O) groups excluding carboxylic acids is 1. The van der Waals surface area contributed by atoms with Crippen LogP contribution in [-0.4, -0.2) is 46.3 Å². The van der Waals surface area contributed by atoms with Gasteiger partial charge in [-0.3, -0.25) is 9.78 Å². The summed E-state index contributed by atoms with van der Waals surface area (Å²) in [5, 5.41) is 15.8. The average Bonchev–Trinajstić information content (AvgIpc) is 3.27. The van der Waals surface area contributed by atoms with Gasteiger partial charge in [0.05, 0.1) is 18.8 Å². The zero-order chi connectivity index (χ0) is 20.2. The van der Waals surface area contributed by atoms with Gasteiger partial charge in [0, 0.05) is 29.9 Å². The second kappa shape index (κ2) is 8.82. The van der Waals surface area contributed by atoms with Gasteiger partial charge in [-0.05, 0) is 42.5 Å². The summed E-state index contributed by atoms with van der Waals surface area (Å²) in [5.41, 5.74) is 4.72. The second-order valence-corrected chi connectivity index (χ2v) is 8.11. The Morgan fingerprint density at radius 1 is 1.31 bits per heavy atom. The molecule has 0 bridgehead atoms. The predicted octanol–water partition coefficient (Wildman–Crippen LogP) is 2.98. The van der Waals surface area contributed by atoms with Crippen LogP contribution < -0.4 is 5.32 Å². The Labute approximate surface area is 173 Å². The number of thiazole rings is 1. The van der Waals surface area contributed by atoms with Gasteiger partial charge in [-0.2, -0.15) is 0 Å². The quantitative estimate of drug-likeness (QED) is 0.677. The molecule has 1 saturated heterocycles. The van der Waals surface area contributed by atoms with Crippen molar-refractivity contribution in [2.75, 3.05) is 13.2 Å². The molecule has 1 aliphatic heterocycles. The van der Waals surface area contributed by atoms with Crippen molar-refractivity contribution in [2.24, 2.45) is 0 Å². The van der Waals surface area contributed by atoms with Crippen molar-refractivity contribution in [3.63, 3.8) is 0 Å². The third kappa shape index (κ3) is 4.70. The maximum Gasteiger partial charge on any atom is 0.270 e. The molecule has 3 heterocycles. The third-order valence-electron chi connectivity index (χ3n) is 5.12. The van der Waals surface area contributed by atoms with Crippen LogP contribution in [0.15, 0.2) is 48.1 Å². The lowest BCUT2D eigenvalue weighted by atomic mass is 10.00. The smallest absolute Gasteiger partial charge is 0.270 e. The van der Waals surface area contributed by atoms with E-state index in [4.69, 9.17) is 4.74 Å². The molecule has 4 rings (SSSR count). The molecule has 0 spiro atoms. The molecule has 150 valence electrons. The summed E-state index contributed by atoms with van der Waals surface area (Å²) in [6.07, 6.45) is 4.16. The van der Waals surface area contributed by atoms with Crippen molar-refractivity contribution < 1.29 is 14.6 Å². The molecule has 7 heteroatoms. The summed E-state index contributed by atoms with van der Waals surface area (Å²) in [6.45, 7) is 2.77. The standard InChI is InChI=1S/C22H23N3O3S/c1-14-12-24-19(21(27)25-18-6-8-28-13-20(18)26)11-17(14)10-15-2-4-16(5-3-15)22-23-7-9-29-22/h2-5,7,9,11-12,18,20,26H,6,8,10,13H2,1H3,(H,25,27). The highest BCUT2D eigenvalue weighted by molar-refractivity contribution is 7.13. The molecule has 0 aliphatic carbocycles. The van der Waals surface area contributed by atoms with Gasteiger partial charge in [-0.1, -0.05) is 24.3 Å². The highest BCUT2D eigenvalue weighted by atomic mass is 32.1. The topological polar surface area (TPSA) is 84.3 Å². The van der Waals surface area contributed by atoms with Crippen LogP contribution in [-0.2, 0) is 11.2 Å². The number of hydrogen-bond donors (Lipinski definition) is 2. The van der Waals surface area contributed by atoms with Crippen molar-refractivity contribution >= 4 is 17.2 Å². The van der Waals surface area contributed by atoms with Crippen LogP contribution in [0.2, 0.25) is 0 Å². The molecule has 0 saturated carbocycles. The molecular formula is C22H23N3O3S. The summed E-state index contributed by atoms with van der Waals surface area (Å²) >= 11 is 1.62. The zero-order valence-corrected chi connectivity index (χ0v) is 17.0. The molecular weight excluding hydrogens is 386 g/mol. The van der Waals surface area contributed by atoms with Gasteiger partial charge in [0.2, 0.25) is 0 Å². The van der Waals surface area contributed by atoms with Crippen LogP contribution >= 0.6 is 11.3 Å². The van der Waals surface area contributed by atoms with Gasteiger partial charge in [0.15, 0.2) is 0 Å². The van der Waals surface area contributed by atoms with Crippen LogP contribution in [0.5, 0.6) is 0 Å². The first-order chi connectivity index (χ1) is 14.1. The van der Waals surface area contributed by atoms with Crippen LogP contribution in [0.3, 0.4) is 0 Å². The van der Waals surface area contributed by atoms with Crippen LogP contribution in [0.1, 0.15) is 33.6 Å². The van der Waals surface area contributed by atoms with E-state index in [1.807, 2.05) is 18.4 Å². The monoisotopic (exact) mass is 409 g/mol. The SMILES string of the molecule is Cc1cnc(C(=O)NC2CCOCC2O)cc1Cc1ccc(-c2nccs2)cc1. The Morgan fingerprint density at radius 2 is 2.14 bits per heavy atom. The van der Waals surface area contributed by atoms with E-state index in [0.29, 0.717) is 25.1 Å². The number of nitrogens with one attached hydrogen (secondary N) is 1. The van der Waals surface area contributed by atoms with Crippen molar-refractivity contribution in [2.45, 2.75) is 31.9 Å². The van der Waals surface area contributed by atoms with E-state index >= 15 is 0 Å². The molecule has 2 N–H and O–H groups in total. The van der Waals surface area contributed by atoms with E-state index in [2.05, 4.69) is 39.6 Å². The van der Waals surface area contributed by atoms with Crippen LogP contribution in [0.4, 0.5) is 0 Å². The number of hydrogen-bond acceptors (Lipinski definition) is 6. The van der Waals surface area contributed by atoms with E-state index in [0.717, 1.165) is 27.3 Å². The number of nitrogens with zero attached hydrogens (tertiary/aromatic N) is 2. The van der Waals surface area contributed by atoms with Gasteiger partial charge in [0.1, 0.15) is 10.7 Å². The fourth-order valence-electron chi connectivity index (χ4n) is 3.36. The van der Waals surface area contributed by atoms with Gasteiger partial charge in [0.25, 0.3) is 5.91 Å². The first kappa shape index (κ1) is 19.7. The summed E-state index contributed by atoms with van der Waals surface area (Å²) in [5.74, 6) is -0.267. The predicted molar refractivity (Wildman–Crippen MR) is 112 cm³/mol. The second-order valence-electron chi connectivity index (χ2n) is 7.22. The van der Waals surface area contributed by atoms with Crippen molar-refractivity contribution in [3.8, 4) is 10.6 Å². The van der Waals surface area contributed by atoms with Gasteiger partial charge in [-0.15, -0.1) is 11.3 Å². The Balaban J connectivity index is 1.47. The Bertz CT molecular complexity index is 973. The van der Waals surface area contributed by atoms with E-state index < -0.39 is 6.10 Å². The molecule has 1 aliphatic rings. The molecule has 1 aromatic carbocycles. The Morgan fingerprint density at radius 3 is 2.86 bits per heavy atom. The van der Waals surface area contributed by atoms with Gasteiger partial charge >= 0.3 is 0 Å². The molecule has 6 nitrogen and oxygen atoms in total. The summed E-state index contributed by atoms with van der Waals surface area (Å²) in [4.78, 5) is 21.2. The summed E-state index contributed by atoms with van der Waals surface area (Å²) in [7, 11) is 0. The number of aromatic nitrogens is 2. The fraction of sp³-hybridized carbons (Fsp3) is 0.318. The van der Waals surface area contributed by atoms with Crippen molar-refractivity contribution in [1.82, 2.24) is 15.3 Å². The van der Waals surface area contributed by atoms with Gasteiger partial charge < -0.3 is 15.2 Å². The highest BCUT2D eigenvalue weighted by Crippen LogP contribution is 2.23. The molecule has 2 aromatic heterocycles. The normalized spacial score (nSPS) is 19.1. The number of aryl methyl sites for hydroxylation is 1. The minimum Gasteiger partial charge on any atom is -0.389 e. The van der Waals surface area contributed by atoms with E-state index in [1.54, 1.807) is 23.7 Å². The van der Waals surface area contributed by atoms with Gasteiger partial charge in [-0.25, -0.2) is 4.98 Å². The lowest BCUT2D eigenvalue weighted by Gasteiger charge is -2.28. The van der Waals surface area contributed by atoms with E-state index in [9.17, 15) is 9.90 Å². The number of aliphatic hydroxyl groups is 1. The van der Waals surface area contributed by atoms with Crippen molar-refractivity contribution in [1.29, 1.82) is 0 Å². The molecule has 2 unspecified atom stereocenters. The minimum absolute atomic E-state index is 0.245. The molecule has 1 fully saturated rings. The number of carbonyl (C=O) groups is 1. The van der Waals surface area contributed by atoms with E-state index in [1.165, 1.54) is 0 Å². The summed E-state index contributed by atoms with van der Waals surface area (Å²) < 4.78 is 5.21. The number of benzene rings is 1. The highest BCUT2D eigenvalue weighted by Gasteiger charge is 2.26. The lowest BCUT2D eigenvalue weighted by molar-refractivity contribution is -0.0261. The maximum absolute atomic E-state index is 12.6. The first-order valence-electron chi connectivity index (χ1n) is 9.61. The lowest BCUT2D eigenvalue weighted by Crippen LogP contribution is -2.48. The molecule has 3 aromatic rings. The third-order valence-corrected chi connectivity index (χ3v) is 5.94. The summed E-state index contributed by atoms with van der Waals surface area (Å²) in [6, 6.07) is 9.87. The first-order valence-corrected chi connectivity index (χ1v) is 10.5. The minimum atomic E-state index is -0.686. The molecule has 0 radical (unpaired) electrons. The number of pyridine rings is 1. The van der Waals surface area contributed by atoms with Crippen molar-refractivity contribution in [3.05, 3.63) is 70.5 Å². The average molecular weight is 410 g/mol. The number of aliphatic hydroxyl groups excluding tert-OH is 1. The Hall–Kier alpha value is -2.61. The number of ether oxygens (including phenoxy) is 1. The largest absolute Gasteiger partial charge is 0.389 e. The zero-order valence-electron chi connectivity index (χ0n) is 16.2. The fourth-order valence-corrected chi connectivity index (χ4v) is 4.01. The maximum atomic E-state index is 12.6. The van der Waals surface area contributed by atoms with E-state index in [-0.39, 0.29) is 18.6 Å². The molecule has 1 amide bonds. The number of amides is 1. The molecule has 2 atom stereocenters.